The number of hydrogen-bond acceptors (Lipinski definition) is 7. The number of carbonyl (C=O) groups is 2. The Bertz CT molecular complexity index is 1750. The van der Waals surface area contributed by atoms with Crippen LogP contribution in [0.3, 0.4) is 0 Å². The number of nitrogens with zero attached hydrogens (tertiary/aromatic N) is 3. The number of halogens is 1. The standard InChI is InChI=1S/C28H28FN3O6/c1-5-28(37)17-8-21-24-15(10-32(21)26(35)16(17)11-38-27(28)36)23-20(31(4)25(34)13(3)33)7-6-14-12(2)18(29)9-19(30-24)22(14)23/h8-9,13,20,33,37H,5-7,10-11H2,1-4H3/t13?,20-,28-/m0/s1/i4D3. The molecule has 0 fully saturated rings. The van der Waals surface area contributed by atoms with Crippen molar-refractivity contribution in [2.24, 2.45) is 0 Å². The molecular formula is C28H28FN3O6. The van der Waals surface area contributed by atoms with Gasteiger partial charge in [-0.25, -0.2) is 14.2 Å². The number of aliphatic hydroxyl groups is 2. The second kappa shape index (κ2) is 8.18. The molecule has 38 heavy (non-hydrogen) atoms. The van der Waals surface area contributed by atoms with Gasteiger partial charge >= 0.3 is 5.97 Å². The number of ether oxygens (including phenoxy) is 1. The average molecular weight is 525 g/mol. The Morgan fingerprint density at radius 1 is 1.37 bits per heavy atom. The first kappa shape index (κ1) is 21.3. The maximum Gasteiger partial charge on any atom is 0.343 e. The summed E-state index contributed by atoms with van der Waals surface area (Å²) in [6.45, 7) is 1.15. The van der Waals surface area contributed by atoms with Crippen molar-refractivity contribution in [3.05, 3.63) is 61.7 Å². The molecule has 198 valence electrons. The van der Waals surface area contributed by atoms with Gasteiger partial charge in [0.05, 0.1) is 35.1 Å². The molecule has 10 heteroatoms. The van der Waals surface area contributed by atoms with Crippen LogP contribution in [0.25, 0.3) is 22.3 Å². The van der Waals surface area contributed by atoms with Gasteiger partial charge in [0.2, 0.25) is 0 Å². The fourth-order valence-electron chi connectivity index (χ4n) is 6.14. The van der Waals surface area contributed by atoms with Gasteiger partial charge in [-0.05, 0) is 55.9 Å². The number of esters is 1. The first-order valence-corrected chi connectivity index (χ1v) is 12.5. The summed E-state index contributed by atoms with van der Waals surface area (Å²) in [6.07, 6.45) is -1.23. The third kappa shape index (κ3) is 3.10. The van der Waals surface area contributed by atoms with Crippen LogP contribution in [-0.4, -0.2) is 49.6 Å². The molecule has 1 aromatic carbocycles. The summed E-state index contributed by atoms with van der Waals surface area (Å²) < 4.78 is 46.2. The normalized spacial score (nSPS) is 23.5. The zero-order valence-electron chi connectivity index (χ0n) is 24.1. The van der Waals surface area contributed by atoms with Crippen LogP contribution in [0.4, 0.5) is 4.39 Å². The Kier molecular flexibility index (Phi) is 4.59. The topological polar surface area (TPSA) is 122 Å². The summed E-state index contributed by atoms with van der Waals surface area (Å²) in [5.74, 6) is -2.35. The number of aromatic nitrogens is 2. The number of carbonyl (C=O) groups excluding carboxylic acids is 2. The summed E-state index contributed by atoms with van der Waals surface area (Å²) in [5.41, 5.74) is 0.371. The average Bonchev–Trinajstić information content (AvgIpc) is 3.28. The Morgan fingerprint density at radius 3 is 2.82 bits per heavy atom. The van der Waals surface area contributed by atoms with Crippen molar-refractivity contribution in [2.75, 3.05) is 6.98 Å². The number of aliphatic hydroxyl groups excluding tert-OH is 1. The zero-order valence-corrected chi connectivity index (χ0v) is 21.1. The number of fused-ring (bicyclic) bond motifs is 5. The van der Waals surface area contributed by atoms with Gasteiger partial charge in [-0.15, -0.1) is 0 Å². The van der Waals surface area contributed by atoms with Gasteiger partial charge in [-0.3, -0.25) is 9.59 Å². The molecule has 1 unspecified atom stereocenters. The molecule has 1 aliphatic carbocycles. The van der Waals surface area contributed by atoms with Crippen molar-refractivity contribution in [1.29, 1.82) is 0 Å². The third-order valence-corrected chi connectivity index (χ3v) is 8.25. The van der Waals surface area contributed by atoms with Crippen molar-refractivity contribution < 1.29 is 33.0 Å². The third-order valence-electron chi connectivity index (χ3n) is 8.25. The highest BCUT2D eigenvalue weighted by atomic mass is 19.1. The lowest BCUT2D eigenvalue weighted by atomic mass is 9.81. The molecule has 6 rings (SSSR count). The van der Waals surface area contributed by atoms with Gasteiger partial charge in [0.25, 0.3) is 11.5 Å². The van der Waals surface area contributed by atoms with Crippen LogP contribution in [0.15, 0.2) is 16.9 Å². The molecule has 0 saturated carbocycles. The Morgan fingerprint density at radius 2 is 2.13 bits per heavy atom. The number of rotatable bonds is 3. The van der Waals surface area contributed by atoms with Gasteiger partial charge in [-0.1, -0.05) is 6.92 Å². The van der Waals surface area contributed by atoms with Crippen molar-refractivity contribution >= 4 is 22.8 Å². The predicted molar refractivity (Wildman–Crippen MR) is 135 cm³/mol. The number of pyridine rings is 2. The van der Waals surface area contributed by atoms with Gasteiger partial charge < -0.3 is 24.4 Å². The summed E-state index contributed by atoms with van der Waals surface area (Å²) in [5, 5.41) is 21.8. The van der Waals surface area contributed by atoms with Gasteiger partial charge in [-0.2, -0.15) is 0 Å². The van der Waals surface area contributed by atoms with Crippen LogP contribution >= 0.6 is 0 Å². The molecule has 2 aromatic heterocycles. The highest BCUT2D eigenvalue weighted by molar-refractivity contribution is 5.94. The number of cyclic esters (lactones) is 1. The highest BCUT2D eigenvalue weighted by Crippen LogP contribution is 2.47. The van der Waals surface area contributed by atoms with Crippen molar-refractivity contribution in [1.82, 2.24) is 14.5 Å². The molecule has 0 bridgehead atoms. The molecule has 1 amide bonds. The molecular weight excluding hydrogens is 493 g/mol. The monoisotopic (exact) mass is 524 g/mol. The van der Waals surface area contributed by atoms with E-state index in [-0.39, 0.29) is 60.4 Å². The van der Waals surface area contributed by atoms with E-state index in [1.165, 1.54) is 23.6 Å². The van der Waals surface area contributed by atoms with E-state index < -0.39 is 48.0 Å². The fourth-order valence-corrected chi connectivity index (χ4v) is 6.14. The minimum Gasteiger partial charge on any atom is -0.458 e. The maximum atomic E-state index is 15.1. The van der Waals surface area contributed by atoms with E-state index in [0.29, 0.717) is 32.5 Å². The lowest BCUT2D eigenvalue weighted by molar-refractivity contribution is -0.172. The highest BCUT2D eigenvalue weighted by Gasteiger charge is 2.46. The number of aryl methyl sites for hydroxylation is 1. The number of amides is 1. The summed E-state index contributed by atoms with van der Waals surface area (Å²) in [4.78, 5) is 44.8. The lowest BCUT2D eigenvalue weighted by Crippen LogP contribution is -2.44. The van der Waals surface area contributed by atoms with Gasteiger partial charge in [0, 0.05) is 33.7 Å². The first-order chi connectivity index (χ1) is 19.2. The second-order valence-electron chi connectivity index (χ2n) is 10.3. The van der Waals surface area contributed by atoms with E-state index in [4.69, 9.17) is 13.8 Å². The minimum absolute atomic E-state index is 0.0301. The lowest BCUT2D eigenvalue weighted by Gasteiger charge is -2.35. The molecule has 3 aliphatic rings. The van der Waals surface area contributed by atoms with Crippen molar-refractivity contribution in [3.8, 4) is 11.4 Å². The van der Waals surface area contributed by atoms with Crippen LogP contribution in [0, 0.1) is 12.7 Å². The van der Waals surface area contributed by atoms with Crippen LogP contribution in [0.1, 0.15) is 70.2 Å². The smallest absolute Gasteiger partial charge is 0.343 e. The van der Waals surface area contributed by atoms with Crippen LogP contribution in [0.5, 0.6) is 0 Å². The van der Waals surface area contributed by atoms with Gasteiger partial charge in [0.15, 0.2) is 5.60 Å². The molecule has 2 N–H and O–H groups in total. The van der Waals surface area contributed by atoms with E-state index >= 15 is 4.39 Å². The van der Waals surface area contributed by atoms with E-state index in [9.17, 15) is 24.6 Å². The van der Waals surface area contributed by atoms with Crippen molar-refractivity contribution in [3.63, 3.8) is 0 Å². The van der Waals surface area contributed by atoms with Crippen LogP contribution in [0.2, 0.25) is 0 Å². The molecule has 9 nitrogen and oxygen atoms in total. The molecule has 0 spiro atoms. The molecule has 3 aromatic rings. The molecule has 2 aliphatic heterocycles. The molecule has 3 atom stereocenters. The van der Waals surface area contributed by atoms with E-state index in [2.05, 4.69) is 0 Å². The number of hydrogen-bond donors (Lipinski definition) is 2. The van der Waals surface area contributed by atoms with Crippen LogP contribution < -0.4 is 5.56 Å². The Hall–Kier alpha value is -3.63. The number of benzene rings is 1. The Labute approximate surface area is 221 Å². The minimum atomic E-state index is -2.91. The van der Waals surface area contributed by atoms with E-state index in [0.717, 1.165) is 0 Å². The van der Waals surface area contributed by atoms with Crippen molar-refractivity contribution in [2.45, 2.75) is 70.9 Å². The van der Waals surface area contributed by atoms with Gasteiger partial charge in [0.1, 0.15) is 18.5 Å². The maximum absolute atomic E-state index is 15.1. The van der Waals surface area contributed by atoms with E-state index in [1.807, 2.05) is 0 Å². The second-order valence-corrected chi connectivity index (χ2v) is 10.3. The van der Waals surface area contributed by atoms with E-state index in [1.54, 1.807) is 13.8 Å². The molecule has 0 saturated heterocycles. The fraction of sp³-hybridized carbons (Fsp3) is 0.429. The zero-order chi connectivity index (χ0) is 29.8. The largest absolute Gasteiger partial charge is 0.458 e. The summed E-state index contributed by atoms with van der Waals surface area (Å²) in [6, 6.07) is 1.73. The summed E-state index contributed by atoms with van der Waals surface area (Å²) in [7, 11) is 0. The predicted octanol–water partition coefficient (Wildman–Crippen LogP) is 2.35. The SMILES string of the molecule is [2H]C([2H])([2H])N(C(=O)C(C)O)[C@H]1CCc2c(C)c(F)cc3nc4c(c1c23)Cn1c-4cc2c(c1=O)COC(=O)[C@]2(O)CC. The first-order valence-electron chi connectivity index (χ1n) is 14.0. The van der Waals surface area contributed by atoms with Crippen LogP contribution in [-0.2, 0) is 39.5 Å². The summed E-state index contributed by atoms with van der Waals surface area (Å²) >= 11 is 0. The Balaban J connectivity index is 1.69. The molecule has 4 heterocycles. The quantitative estimate of drug-likeness (QED) is 0.395. The molecule has 0 radical (unpaired) electrons. The number of likely N-dealkylation sites (N-methyl/N-ethyl adjacent to an activating group) is 1.